The summed E-state index contributed by atoms with van der Waals surface area (Å²) in [4.78, 5) is 30.3. The molecule has 3 aromatic heterocycles. The van der Waals surface area contributed by atoms with Gasteiger partial charge < -0.3 is 4.90 Å². The van der Waals surface area contributed by atoms with E-state index in [-0.39, 0.29) is 59.1 Å². The molecule has 0 aliphatic carbocycles. The second-order valence-electron chi connectivity index (χ2n) is 7.69. The summed E-state index contributed by atoms with van der Waals surface area (Å²) in [6.45, 7) is -0.441. The Hall–Kier alpha value is -3.52. The molecule has 0 fully saturated rings. The van der Waals surface area contributed by atoms with Crippen molar-refractivity contribution in [2.45, 2.75) is 25.7 Å². The van der Waals surface area contributed by atoms with Crippen LogP contribution >= 0.6 is 23.2 Å². The lowest BCUT2D eigenvalue weighted by atomic mass is 10.0. The largest absolute Gasteiger partial charge is 0.485 e. The summed E-state index contributed by atoms with van der Waals surface area (Å²) in [6, 6.07) is 3.83. The number of imidazole rings is 1. The van der Waals surface area contributed by atoms with Crippen molar-refractivity contribution < 1.29 is 26.9 Å². The van der Waals surface area contributed by atoms with Crippen LogP contribution in [0.4, 0.5) is 17.6 Å². The Morgan fingerprint density at radius 2 is 1.97 bits per heavy atom. The smallest absolute Gasteiger partial charge is 0.325 e. The van der Waals surface area contributed by atoms with Crippen molar-refractivity contribution in [1.82, 2.24) is 34.7 Å². The second kappa shape index (κ2) is 8.30. The maximum Gasteiger partial charge on any atom is 0.485 e. The van der Waals surface area contributed by atoms with E-state index in [0.29, 0.717) is 5.56 Å². The van der Waals surface area contributed by atoms with Crippen LogP contribution in [0.3, 0.4) is 0 Å². The number of nitrogens with one attached hydrogen (secondary N) is 2. The maximum atomic E-state index is 14.6. The van der Waals surface area contributed by atoms with Crippen LogP contribution < -0.4 is 10.3 Å². The van der Waals surface area contributed by atoms with Crippen LogP contribution in [0.15, 0.2) is 23.0 Å². The molecule has 35 heavy (non-hydrogen) atoms. The summed E-state index contributed by atoms with van der Waals surface area (Å²) in [7, 11) is 0. The Kier molecular flexibility index (Phi) is 5.51. The first kappa shape index (κ1) is 23.2. The standard InChI is InChI=1S/C19H12Cl2F4N8O2/c20-13-14(21)33-15(26-13)11(27-30-18(33)35)6-8-1-2-10(22)9(5-8)16(34)31-3-4-32-12(7-31)28-29-17(32)19(23,24)25/h1-2,5H,3-4,6-7H2,(H,26,30,35)/p+1. The molecule has 0 bridgehead atoms. The predicted octanol–water partition coefficient (Wildman–Crippen LogP) is 2.14. The van der Waals surface area contributed by atoms with Gasteiger partial charge >= 0.3 is 17.7 Å². The summed E-state index contributed by atoms with van der Waals surface area (Å²) < 4.78 is 55.8. The van der Waals surface area contributed by atoms with E-state index in [1.54, 1.807) is 0 Å². The van der Waals surface area contributed by atoms with Gasteiger partial charge in [-0.2, -0.15) is 18.3 Å². The van der Waals surface area contributed by atoms with E-state index >= 15 is 0 Å². The zero-order chi connectivity index (χ0) is 25.1. The molecule has 1 aliphatic rings. The van der Waals surface area contributed by atoms with Gasteiger partial charge in [-0.1, -0.05) is 29.3 Å². The molecule has 5 rings (SSSR count). The molecular weight excluding hydrogens is 519 g/mol. The molecule has 0 saturated carbocycles. The average Bonchev–Trinajstić information content (AvgIpc) is 3.37. The van der Waals surface area contributed by atoms with E-state index in [2.05, 4.69) is 25.4 Å². The molecule has 10 nitrogen and oxygen atoms in total. The molecule has 182 valence electrons. The number of carbonyl (C=O) groups is 1. The number of H-pyrrole nitrogens is 2. The van der Waals surface area contributed by atoms with Crippen molar-refractivity contribution in [2.75, 3.05) is 6.54 Å². The lowest BCUT2D eigenvalue weighted by molar-refractivity contribution is -0.727. The molecule has 1 aliphatic heterocycles. The second-order valence-corrected chi connectivity index (χ2v) is 8.40. The fraction of sp³-hybridized carbons (Fsp3) is 0.263. The van der Waals surface area contributed by atoms with Crippen LogP contribution in [0.5, 0.6) is 0 Å². The van der Waals surface area contributed by atoms with E-state index in [9.17, 15) is 27.2 Å². The van der Waals surface area contributed by atoms with Gasteiger partial charge in [0.25, 0.3) is 11.7 Å². The maximum absolute atomic E-state index is 14.6. The fourth-order valence-electron chi connectivity index (χ4n) is 3.90. The number of carbonyl (C=O) groups excluding carboxylic acids is 1. The van der Waals surface area contributed by atoms with Crippen LogP contribution in [0.2, 0.25) is 10.3 Å². The molecular formula is C19H13Cl2F4N8O2+. The third kappa shape index (κ3) is 4.01. The van der Waals surface area contributed by atoms with Gasteiger partial charge in [0.15, 0.2) is 16.0 Å². The third-order valence-electron chi connectivity index (χ3n) is 5.51. The van der Waals surface area contributed by atoms with Crippen molar-refractivity contribution in [2.24, 2.45) is 0 Å². The Morgan fingerprint density at radius 3 is 2.71 bits per heavy atom. The summed E-state index contributed by atoms with van der Waals surface area (Å²) >= 11 is 11.9. The predicted molar refractivity (Wildman–Crippen MR) is 111 cm³/mol. The molecule has 0 atom stereocenters. The SMILES string of the molecule is O=C(c1cc(Cc2n[nH]c(=O)n3c(Cl)c(Cl)nc23)ccc1F)N1CC[n+]2c(C(F)(F)F)n[nH]c2C1. The molecule has 0 saturated heterocycles. The highest BCUT2D eigenvalue weighted by molar-refractivity contribution is 6.40. The molecule has 0 spiro atoms. The lowest BCUT2D eigenvalue weighted by Crippen LogP contribution is -2.54. The number of nitrogens with zero attached hydrogens (tertiary/aromatic N) is 6. The van der Waals surface area contributed by atoms with Crippen LogP contribution in [-0.2, 0) is 25.7 Å². The number of hydrogen-bond acceptors (Lipinski definition) is 5. The van der Waals surface area contributed by atoms with Crippen molar-refractivity contribution >= 4 is 34.8 Å². The zero-order valence-electron chi connectivity index (χ0n) is 17.3. The van der Waals surface area contributed by atoms with E-state index in [0.717, 1.165) is 15.0 Å². The van der Waals surface area contributed by atoms with Crippen molar-refractivity contribution in [3.8, 4) is 0 Å². The van der Waals surface area contributed by atoms with Gasteiger partial charge in [0.05, 0.1) is 18.7 Å². The zero-order valence-corrected chi connectivity index (χ0v) is 18.8. The molecule has 1 aromatic carbocycles. The monoisotopic (exact) mass is 531 g/mol. The Morgan fingerprint density at radius 1 is 1.20 bits per heavy atom. The number of halogens is 6. The fourth-order valence-corrected chi connectivity index (χ4v) is 4.26. The molecule has 4 aromatic rings. The Balaban J connectivity index is 1.43. The van der Waals surface area contributed by atoms with E-state index in [4.69, 9.17) is 23.2 Å². The molecule has 0 radical (unpaired) electrons. The number of alkyl halides is 3. The average molecular weight is 532 g/mol. The highest BCUT2D eigenvalue weighted by atomic mass is 35.5. The number of rotatable bonds is 3. The van der Waals surface area contributed by atoms with Crippen LogP contribution in [0, 0.1) is 5.82 Å². The normalized spacial score (nSPS) is 13.9. The molecule has 4 heterocycles. The first-order valence-electron chi connectivity index (χ1n) is 9.97. The minimum Gasteiger partial charge on any atom is -0.325 e. The van der Waals surface area contributed by atoms with Gasteiger partial charge in [-0.3, -0.25) is 4.79 Å². The number of fused-ring (bicyclic) bond motifs is 2. The number of aromatic nitrogens is 7. The summed E-state index contributed by atoms with van der Waals surface area (Å²) in [5.41, 5.74) is -0.107. The van der Waals surface area contributed by atoms with Crippen molar-refractivity contribution in [1.29, 1.82) is 0 Å². The summed E-state index contributed by atoms with van der Waals surface area (Å²) in [6.07, 6.45) is -4.61. The van der Waals surface area contributed by atoms with E-state index in [1.807, 2.05) is 0 Å². The molecule has 2 N–H and O–H groups in total. The quantitative estimate of drug-likeness (QED) is 0.310. The Bertz CT molecular complexity index is 1540. The van der Waals surface area contributed by atoms with Crippen LogP contribution in [-0.4, -0.2) is 47.1 Å². The van der Waals surface area contributed by atoms with Crippen LogP contribution in [0.1, 0.15) is 33.3 Å². The topological polar surface area (TPSA) is 116 Å². The van der Waals surface area contributed by atoms with Gasteiger partial charge in [-0.15, -0.1) is 5.10 Å². The molecule has 16 heteroatoms. The van der Waals surface area contributed by atoms with Gasteiger partial charge in [0.1, 0.15) is 18.1 Å². The number of aromatic amines is 2. The minimum atomic E-state index is -4.65. The van der Waals surface area contributed by atoms with Crippen molar-refractivity contribution in [3.05, 3.63) is 73.3 Å². The highest BCUT2D eigenvalue weighted by Crippen LogP contribution is 2.26. The number of amides is 1. The summed E-state index contributed by atoms with van der Waals surface area (Å²) in [5.74, 6) is -2.53. The van der Waals surface area contributed by atoms with Crippen molar-refractivity contribution in [3.63, 3.8) is 0 Å². The van der Waals surface area contributed by atoms with E-state index < -0.39 is 29.4 Å². The van der Waals surface area contributed by atoms with Gasteiger partial charge in [0.2, 0.25) is 0 Å². The lowest BCUT2D eigenvalue weighted by Gasteiger charge is -2.25. The minimum absolute atomic E-state index is 0.0417. The van der Waals surface area contributed by atoms with E-state index in [1.165, 1.54) is 17.0 Å². The number of hydrogen-bond donors (Lipinski definition) is 2. The Labute approximate surface area is 202 Å². The first-order valence-corrected chi connectivity index (χ1v) is 10.7. The first-order chi connectivity index (χ1) is 16.5. The molecule has 0 unspecified atom stereocenters. The highest BCUT2D eigenvalue weighted by Gasteiger charge is 2.46. The van der Waals surface area contributed by atoms with Gasteiger partial charge in [-0.25, -0.2) is 28.2 Å². The third-order valence-corrected chi connectivity index (χ3v) is 6.22. The van der Waals surface area contributed by atoms with Crippen LogP contribution in [0.25, 0.3) is 5.65 Å². The molecule has 1 amide bonds. The van der Waals surface area contributed by atoms with Gasteiger partial charge in [-0.05, 0) is 17.7 Å². The van der Waals surface area contributed by atoms with Gasteiger partial charge in [0, 0.05) is 11.5 Å². The summed E-state index contributed by atoms with van der Waals surface area (Å²) in [5, 5.41) is 11.6. The number of benzene rings is 1.